The van der Waals surface area contributed by atoms with Gasteiger partial charge < -0.3 is 31.3 Å². The van der Waals surface area contributed by atoms with Gasteiger partial charge in [-0.05, 0) is 0 Å². The molecule has 6 nitrogen and oxygen atoms in total. The van der Waals surface area contributed by atoms with Crippen molar-refractivity contribution in [3.63, 3.8) is 0 Å². The van der Waals surface area contributed by atoms with Crippen molar-refractivity contribution < 1.29 is 31.3 Å². The first kappa shape index (κ1) is 13.6. The zero-order chi connectivity index (χ0) is 11.1. The molecule has 0 radical (unpaired) electrons. The molecule has 0 aromatic heterocycles. The highest BCUT2D eigenvalue weighted by atomic mass is 33.1. The van der Waals surface area contributed by atoms with E-state index >= 15 is 0 Å². The van der Waals surface area contributed by atoms with Crippen molar-refractivity contribution in [1.29, 1.82) is 0 Å². The number of carboxylic acids is 2. The summed E-state index contributed by atoms with van der Waals surface area (Å²) in [7, 11) is 2.48. The molecule has 0 amide bonds. The molecule has 0 heterocycles. The smallest absolute Gasteiger partial charge is 0.134 e. The number of aliphatic carboxylic acids is 2. The third-order valence-corrected chi connectivity index (χ3v) is 3.85. The summed E-state index contributed by atoms with van der Waals surface area (Å²) < 4.78 is 0. The molecule has 0 aromatic rings. The van der Waals surface area contributed by atoms with E-state index in [1.54, 1.807) is 0 Å². The lowest BCUT2D eigenvalue weighted by Crippen LogP contribution is -2.70. The Morgan fingerprint density at radius 2 is 1.29 bits per heavy atom. The van der Waals surface area contributed by atoms with Crippen molar-refractivity contribution in [3.05, 3.63) is 0 Å². The van der Waals surface area contributed by atoms with Crippen LogP contribution in [0.15, 0.2) is 0 Å². The molecule has 0 spiro atoms. The molecule has 0 fully saturated rings. The van der Waals surface area contributed by atoms with E-state index in [-0.39, 0.29) is 11.5 Å². The van der Waals surface area contributed by atoms with Crippen molar-refractivity contribution in [2.45, 2.75) is 12.1 Å². The van der Waals surface area contributed by atoms with Gasteiger partial charge >= 0.3 is 0 Å². The fraction of sp³-hybridized carbons (Fsp3) is 0.667. The van der Waals surface area contributed by atoms with Crippen molar-refractivity contribution in [2.24, 2.45) is 0 Å². The van der Waals surface area contributed by atoms with Gasteiger partial charge in [-0.25, -0.2) is 0 Å². The molecule has 0 saturated heterocycles. The first-order chi connectivity index (χ1) is 6.45. The number of carbonyl (C=O) groups is 2. The largest absolute Gasteiger partial charge is 0.544 e. The van der Waals surface area contributed by atoms with E-state index < -0.39 is 24.0 Å². The molecule has 0 aromatic carbocycles. The summed E-state index contributed by atoms with van der Waals surface area (Å²) in [6.45, 7) is 0. The summed E-state index contributed by atoms with van der Waals surface area (Å²) in [6, 6.07) is -1.56. The van der Waals surface area contributed by atoms with Gasteiger partial charge in [0, 0.05) is 0 Å². The summed E-state index contributed by atoms with van der Waals surface area (Å²) in [5.74, 6) is -1.84. The molecule has 0 rings (SSSR count). The second-order valence-electron chi connectivity index (χ2n) is 2.60. The van der Waals surface area contributed by atoms with E-state index in [1.165, 1.54) is 21.6 Å². The van der Waals surface area contributed by atoms with Crippen molar-refractivity contribution in [3.8, 4) is 0 Å². The van der Waals surface area contributed by atoms with Crippen LogP contribution in [0.1, 0.15) is 0 Å². The molecule has 0 aliphatic heterocycles. The van der Waals surface area contributed by atoms with E-state index in [4.69, 9.17) is 0 Å². The van der Waals surface area contributed by atoms with Gasteiger partial charge in [0.25, 0.3) is 0 Å². The Morgan fingerprint density at radius 1 is 1.00 bits per heavy atom. The van der Waals surface area contributed by atoms with Gasteiger partial charge in [-0.2, -0.15) is 0 Å². The molecule has 6 N–H and O–H groups in total. The number of hydrogen-bond donors (Lipinski definition) is 2. The molecular formula is C6H12N2O4S2. The second kappa shape index (κ2) is 6.93. The van der Waals surface area contributed by atoms with Crippen LogP contribution in [-0.2, 0) is 9.59 Å². The standard InChI is InChI=1S/C6H12N2O4S2/c7-3(5(9)10)1-13-14-2-4(8)6(11)12/h3-4H,1-2,7-8H2,(H,9,10)(H,11,12)/t3-,4+. The average molecular weight is 240 g/mol. The van der Waals surface area contributed by atoms with E-state index in [9.17, 15) is 19.8 Å². The molecule has 0 unspecified atom stereocenters. The van der Waals surface area contributed by atoms with E-state index in [2.05, 4.69) is 11.5 Å². The summed E-state index contributed by atoms with van der Waals surface area (Å²) in [5.41, 5.74) is 6.70. The molecule has 0 aliphatic rings. The average Bonchev–Trinajstić information content (AvgIpc) is 2.11. The summed E-state index contributed by atoms with van der Waals surface area (Å²) in [6.07, 6.45) is 0. The predicted molar refractivity (Wildman–Crippen MR) is 48.3 cm³/mol. The number of hydrogen-bond acceptors (Lipinski definition) is 6. The summed E-state index contributed by atoms with van der Waals surface area (Å²) in [4.78, 5) is 20.4. The number of carboxylic acid groups (broad SMARTS) is 2. The number of rotatable bonds is 7. The maximum absolute atomic E-state index is 10.2. The first-order valence-corrected chi connectivity index (χ1v) is 6.26. The Kier molecular flexibility index (Phi) is 6.71. The van der Waals surface area contributed by atoms with Gasteiger partial charge in [-0.1, -0.05) is 21.6 Å². The fourth-order valence-electron chi connectivity index (χ4n) is 0.397. The molecule has 82 valence electrons. The monoisotopic (exact) mass is 240 g/mol. The number of carbonyl (C=O) groups excluding carboxylic acids is 2. The maximum Gasteiger partial charge on any atom is 0.134 e. The quantitative estimate of drug-likeness (QED) is 0.338. The molecule has 0 saturated carbocycles. The van der Waals surface area contributed by atoms with Crippen LogP contribution in [0.2, 0.25) is 0 Å². The SMILES string of the molecule is [NH3+][C@H](CSSC[C@H]([NH3+])C(=O)[O-])C(=O)[O-]. The van der Waals surface area contributed by atoms with Gasteiger partial charge in [0.2, 0.25) is 0 Å². The molecule has 0 aliphatic carbocycles. The van der Waals surface area contributed by atoms with Crippen LogP contribution in [0, 0.1) is 0 Å². The first-order valence-electron chi connectivity index (χ1n) is 3.77. The van der Waals surface area contributed by atoms with Gasteiger partial charge in [-0.15, -0.1) is 0 Å². The zero-order valence-electron chi connectivity index (χ0n) is 7.43. The van der Waals surface area contributed by atoms with Crippen LogP contribution in [-0.4, -0.2) is 35.5 Å². The maximum atomic E-state index is 10.2. The third kappa shape index (κ3) is 6.08. The second-order valence-corrected chi connectivity index (χ2v) is 5.15. The molecular weight excluding hydrogens is 228 g/mol. The van der Waals surface area contributed by atoms with Gasteiger partial charge in [0.1, 0.15) is 12.1 Å². The van der Waals surface area contributed by atoms with Gasteiger partial charge in [0.05, 0.1) is 23.4 Å². The fourth-order valence-corrected chi connectivity index (χ4v) is 2.75. The van der Waals surface area contributed by atoms with Gasteiger partial charge in [0.15, 0.2) is 0 Å². The lowest BCUT2D eigenvalue weighted by molar-refractivity contribution is -0.431. The Labute approximate surface area is 88.8 Å². The minimum atomic E-state index is -1.20. The highest BCUT2D eigenvalue weighted by Crippen LogP contribution is 2.21. The molecule has 0 bridgehead atoms. The number of quaternary nitrogens is 2. The highest BCUT2D eigenvalue weighted by Gasteiger charge is 2.10. The Bertz CT molecular complexity index is 192. The predicted octanol–water partition coefficient (Wildman–Crippen LogP) is -4.91. The summed E-state index contributed by atoms with van der Waals surface area (Å²) in [5, 5.41) is 20.4. The van der Waals surface area contributed by atoms with E-state index in [0.29, 0.717) is 0 Å². The van der Waals surface area contributed by atoms with Crippen LogP contribution in [0.3, 0.4) is 0 Å². The van der Waals surface area contributed by atoms with Crippen LogP contribution in [0.4, 0.5) is 0 Å². The molecule has 8 heteroatoms. The normalized spacial score (nSPS) is 14.7. The Hall–Kier alpha value is -0.440. The van der Waals surface area contributed by atoms with Crippen LogP contribution < -0.4 is 21.7 Å². The minimum Gasteiger partial charge on any atom is -0.544 e. The van der Waals surface area contributed by atoms with Crippen molar-refractivity contribution in [1.82, 2.24) is 0 Å². The van der Waals surface area contributed by atoms with Crippen molar-refractivity contribution >= 4 is 33.5 Å². The van der Waals surface area contributed by atoms with E-state index in [1.807, 2.05) is 0 Å². The zero-order valence-corrected chi connectivity index (χ0v) is 9.07. The molecule has 14 heavy (non-hydrogen) atoms. The van der Waals surface area contributed by atoms with Crippen LogP contribution >= 0.6 is 21.6 Å². The van der Waals surface area contributed by atoms with Crippen LogP contribution in [0.25, 0.3) is 0 Å². The lowest BCUT2D eigenvalue weighted by Gasteiger charge is -2.10. The topological polar surface area (TPSA) is 136 Å². The Balaban J connectivity index is 3.47. The molecule has 2 atom stereocenters. The highest BCUT2D eigenvalue weighted by molar-refractivity contribution is 8.76. The lowest BCUT2D eigenvalue weighted by atomic mass is 10.4. The minimum absolute atomic E-state index is 0.284. The van der Waals surface area contributed by atoms with Crippen molar-refractivity contribution in [2.75, 3.05) is 11.5 Å². The van der Waals surface area contributed by atoms with Crippen LogP contribution in [0.5, 0.6) is 0 Å². The van der Waals surface area contributed by atoms with Gasteiger partial charge in [-0.3, -0.25) is 0 Å². The Morgan fingerprint density at radius 3 is 1.50 bits per heavy atom. The third-order valence-electron chi connectivity index (χ3n) is 1.29. The summed E-state index contributed by atoms with van der Waals surface area (Å²) >= 11 is 0. The van der Waals surface area contributed by atoms with E-state index in [0.717, 1.165) is 0 Å².